The van der Waals surface area contributed by atoms with Crippen molar-refractivity contribution in [2.24, 2.45) is 53.3 Å². The lowest BCUT2D eigenvalue weighted by molar-refractivity contribution is -0.0255. The molecule has 4 aromatic carbocycles. The van der Waals surface area contributed by atoms with Crippen LogP contribution in [0, 0.1) is 74.0 Å². The second-order valence-corrected chi connectivity index (χ2v) is 24.1. The summed E-state index contributed by atoms with van der Waals surface area (Å²) in [7, 11) is 0. The smallest absolute Gasteiger partial charge is 0.212 e. The molecule has 0 aliphatic heterocycles. The van der Waals surface area contributed by atoms with E-state index < -0.39 is 0 Å². The third kappa shape index (κ3) is 6.21. The van der Waals surface area contributed by atoms with Crippen molar-refractivity contribution in [2.75, 3.05) is 17.2 Å². The maximum atomic E-state index is 7.75. The van der Waals surface area contributed by atoms with E-state index in [2.05, 4.69) is 57.2 Å². The molecule has 63 heavy (non-hydrogen) atoms. The lowest BCUT2D eigenvalue weighted by atomic mass is 9.41. The van der Waals surface area contributed by atoms with E-state index in [0.717, 1.165) is 122 Å². The Labute approximate surface area is 375 Å². The van der Waals surface area contributed by atoms with Gasteiger partial charge in [0, 0.05) is 57.2 Å². The first kappa shape index (κ1) is 39.1. The lowest BCUT2D eigenvalue weighted by Crippen LogP contribution is -2.55. The van der Waals surface area contributed by atoms with Crippen LogP contribution in [-0.4, -0.2) is 0 Å². The summed E-state index contributed by atoms with van der Waals surface area (Å²) in [6, 6.07) is 18.8. The van der Waals surface area contributed by atoms with E-state index in [-0.39, 0.29) is 16.2 Å². The Morgan fingerprint density at radius 3 is 0.841 bits per heavy atom. The second-order valence-electron chi connectivity index (χ2n) is 24.1. The van der Waals surface area contributed by atoms with Crippen LogP contribution in [0.2, 0.25) is 0 Å². The molecule has 0 heterocycles. The topological polar surface area (TPSA) is 106 Å². The van der Waals surface area contributed by atoms with E-state index in [0.29, 0.717) is 0 Å². The van der Waals surface area contributed by atoms with Crippen molar-refractivity contribution in [3.63, 3.8) is 0 Å². The van der Waals surface area contributed by atoms with Gasteiger partial charge in [-0.3, -0.25) is 0 Å². The van der Waals surface area contributed by atoms with E-state index in [1.165, 1.54) is 127 Å². The van der Waals surface area contributed by atoms with Crippen LogP contribution in [0.3, 0.4) is 0 Å². The quantitative estimate of drug-likeness (QED) is 0.145. The molecule has 0 unspecified atom stereocenters. The molecule has 0 amide bonds. The standard InChI is InChI=1S/C57H69N3O3/c1-31-4-7-43(19-46(31)58)61-52-50(56-25-37-13-38(26-56)15-39(14-37)27-56)49(55-22-34-10-35(23-55)12-36(11-34)24-55)51(57-28-40-16-41(29-57)18-42(17-40)30-57)53(62-44-8-5-32(2)47(59)20-44)54(52)63-45-9-6-33(3)48(60)21-45/h4-9,19-21,34-42H,10-18,22-30,58-60H2,1-3H3. The second kappa shape index (κ2) is 13.8. The molecule has 16 rings (SSSR count). The van der Waals surface area contributed by atoms with Crippen LogP contribution in [0.1, 0.15) is 149 Å². The highest BCUT2D eigenvalue weighted by Crippen LogP contribution is 2.73. The SMILES string of the molecule is Cc1ccc(Oc2c(Oc3ccc(C)c(N)c3)c(C34CC5CC(CC(C5)C3)C4)c(C34CC5CC(CC(C5)C3)C4)c(C34CC5CC(CC(C5)C3)C4)c2Oc2ccc(C)c(N)c2)cc1N. The number of hydrogen-bond acceptors (Lipinski definition) is 6. The first-order valence-electron chi connectivity index (χ1n) is 25.3. The number of nitrogen functional groups attached to an aromatic ring is 3. The van der Waals surface area contributed by atoms with Crippen LogP contribution in [0.15, 0.2) is 54.6 Å². The molecule has 6 N–H and O–H groups in total. The summed E-state index contributed by atoms with van der Waals surface area (Å²) < 4.78 is 23.1. The van der Waals surface area contributed by atoms with Crippen molar-refractivity contribution < 1.29 is 14.2 Å². The Balaban J connectivity index is 1.18. The number of anilines is 3. The molecule has 0 atom stereocenters. The van der Waals surface area contributed by atoms with Crippen molar-refractivity contribution in [2.45, 2.75) is 153 Å². The molecular formula is C57H69N3O3. The number of nitrogens with two attached hydrogens (primary N) is 3. The average molecular weight is 844 g/mol. The average Bonchev–Trinajstić information content (AvgIpc) is 3.21. The Bertz CT molecular complexity index is 2310. The Hall–Kier alpha value is -4.32. The zero-order valence-corrected chi connectivity index (χ0v) is 38.1. The van der Waals surface area contributed by atoms with Crippen LogP contribution in [0.4, 0.5) is 17.1 Å². The van der Waals surface area contributed by atoms with Gasteiger partial charge in [-0.25, -0.2) is 0 Å². The van der Waals surface area contributed by atoms with Crippen molar-refractivity contribution in [1.82, 2.24) is 0 Å². The number of aryl methyl sites for hydroxylation is 3. The number of benzene rings is 4. The third-order valence-corrected chi connectivity index (χ3v) is 19.5. The maximum absolute atomic E-state index is 7.75. The van der Waals surface area contributed by atoms with Gasteiger partial charge in [-0.15, -0.1) is 0 Å². The van der Waals surface area contributed by atoms with Crippen molar-refractivity contribution >= 4 is 17.1 Å². The predicted octanol–water partition coefficient (Wildman–Crippen LogP) is 14.1. The molecule has 4 aromatic rings. The summed E-state index contributed by atoms with van der Waals surface area (Å²) >= 11 is 0. The highest BCUT2D eigenvalue weighted by atomic mass is 16.5. The zero-order chi connectivity index (χ0) is 42.6. The molecule has 0 radical (unpaired) electrons. The van der Waals surface area contributed by atoms with Gasteiger partial charge in [0.05, 0.1) is 0 Å². The molecule has 12 fully saturated rings. The summed E-state index contributed by atoms with van der Waals surface area (Å²) in [4.78, 5) is 0. The van der Waals surface area contributed by atoms with Gasteiger partial charge in [0.1, 0.15) is 17.2 Å². The van der Waals surface area contributed by atoms with Gasteiger partial charge in [0.15, 0.2) is 11.5 Å². The minimum Gasteiger partial charge on any atom is -0.453 e. The third-order valence-electron chi connectivity index (χ3n) is 19.5. The fraction of sp³-hybridized carbons (Fsp3) is 0.579. The largest absolute Gasteiger partial charge is 0.453 e. The Kier molecular flexibility index (Phi) is 8.59. The van der Waals surface area contributed by atoms with E-state index in [9.17, 15) is 0 Å². The number of rotatable bonds is 9. The van der Waals surface area contributed by atoms with Gasteiger partial charge in [0.25, 0.3) is 0 Å². The molecule has 0 aromatic heterocycles. The van der Waals surface area contributed by atoms with Gasteiger partial charge < -0.3 is 31.4 Å². The number of hydrogen-bond donors (Lipinski definition) is 3. The first-order valence-corrected chi connectivity index (χ1v) is 25.3. The van der Waals surface area contributed by atoms with E-state index >= 15 is 0 Å². The van der Waals surface area contributed by atoms with Crippen LogP contribution >= 0.6 is 0 Å². The molecule has 12 aliphatic rings. The van der Waals surface area contributed by atoms with Crippen molar-refractivity contribution in [3.8, 4) is 34.5 Å². The number of ether oxygens (including phenoxy) is 3. The Morgan fingerprint density at radius 1 is 0.349 bits per heavy atom. The molecule has 330 valence electrons. The minimum atomic E-state index is 0.00721. The van der Waals surface area contributed by atoms with Crippen LogP contribution < -0.4 is 31.4 Å². The molecule has 0 spiro atoms. The summed E-state index contributed by atoms with van der Waals surface area (Å²) in [6.07, 6.45) is 23.9. The molecule has 12 bridgehead atoms. The van der Waals surface area contributed by atoms with Crippen LogP contribution in [0.5, 0.6) is 34.5 Å². The van der Waals surface area contributed by atoms with Gasteiger partial charge >= 0.3 is 0 Å². The Morgan fingerprint density at radius 2 is 0.587 bits per heavy atom. The fourth-order valence-electron chi connectivity index (χ4n) is 18.2. The molecule has 12 saturated carbocycles. The van der Waals surface area contributed by atoms with Gasteiger partial charge in [0.2, 0.25) is 5.75 Å². The highest BCUT2D eigenvalue weighted by Gasteiger charge is 2.62. The predicted molar refractivity (Wildman–Crippen MR) is 253 cm³/mol. The van der Waals surface area contributed by atoms with E-state index in [1.807, 2.05) is 18.2 Å². The lowest BCUT2D eigenvalue weighted by Gasteiger charge is -2.63. The minimum absolute atomic E-state index is 0.00721. The van der Waals surface area contributed by atoms with Crippen molar-refractivity contribution in [1.29, 1.82) is 0 Å². The molecular weight excluding hydrogens is 775 g/mol. The molecule has 12 aliphatic carbocycles. The van der Waals surface area contributed by atoms with Crippen molar-refractivity contribution in [3.05, 3.63) is 88.0 Å². The fourth-order valence-corrected chi connectivity index (χ4v) is 18.2. The van der Waals surface area contributed by atoms with Gasteiger partial charge in [-0.05, 0) is 235 Å². The zero-order valence-electron chi connectivity index (χ0n) is 38.1. The molecule has 0 saturated heterocycles. The summed E-state index contributed by atoms with van der Waals surface area (Å²) in [5.41, 5.74) is 30.5. The van der Waals surface area contributed by atoms with E-state index in [4.69, 9.17) is 31.4 Å². The highest BCUT2D eigenvalue weighted by molar-refractivity contribution is 5.73. The first-order chi connectivity index (χ1) is 30.4. The summed E-state index contributed by atoms with van der Waals surface area (Å²) in [5.74, 6) is 11.7. The maximum Gasteiger partial charge on any atom is 0.212 e. The monoisotopic (exact) mass is 844 g/mol. The van der Waals surface area contributed by atoms with Gasteiger partial charge in [-0.1, -0.05) is 18.2 Å². The molecule has 6 nitrogen and oxygen atoms in total. The summed E-state index contributed by atoms with van der Waals surface area (Å²) in [6.45, 7) is 6.24. The van der Waals surface area contributed by atoms with Gasteiger partial charge in [-0.2, -0.15) is 0 Å². The molecule has 6 heteroatoms. The van der Waals surface area contributed by atoms with E-state index in [1.54, 1.807) is 5.56 Å². The van der Waals surface area contributed by atoms with Crippen LogP contribution in [0.25, 0.3) is 0 Å². The van der Waals surface area contributed by atoms with Crippen LogP contribution in [-0.2, 0) is 16.2 Å². The normalized spacial score (nSPS) is 37.5. The summed E-state index contributed by atoms with van der Waals surface area (Å²) in [5, 5.41) is 0.